The third-order valence-corrected chi connectivity index (χ3v) is 1.62. The summed E-state index contributed by atoms with van der Waals surface area (Å²) in [5.74, 6) is -0.0325. The van der Waals surface area contributed by atoms with Gasteiger partial charge in [0.25, 0.3) is 6.20 Å². The smallest absolute Gasteiger partial charge is 0.274 e. The average molecular weight is 186 g/mol. The molecule has 0 aromatic carbocycles. The Labute approximate surface area is 71.9 Å². The van der Waals surface area contributed by atoms with Crippen molar-refractivity contribution in [2.75, 3.05) is 5.32 Å². The molecule has 3 N–H and O–H groups in total. The van der Waals surface area contributed by atoms with E-state index in [2.05, 4.69) is 10.3 Å². The van der Waals surface area contributed by atoms with Gasteiger partial charge in [-0.25, -0.2) is 4.98 Å². The highest BCUT2D eigenvalue weighted by molar-refractivity contribution is 7.13. The van der Waals surface area contributed by atoms with E-state index in [1.54, 1.807) is 11.6 Å². The van der Waals surface area contributed by atoms with Crippen LogP contribution in [0.3, 0.4) is 0 Å². The molecular weight excluding hydrogens is 180 g/mol. The zero-order valence-electron chi connectivity index (χ0n) is 5.93. The van der Waals surface area contributed by atoms with Crippen molar-refractivity contribution in [2.45, 2.75) is 0 Å². The van der Waals surface area contributed by atoms with Crippen LogP contribution in [-0.4, -0.2) is 9.91 Å². The quantitative estimate of drug-likeness (QED) is 0.532. The molecule has 0 unspecified atom stereocenters. The number of hydrogen-bond acceptors (Lipinski definition) is 6. The summed E-state index contributed by atoms with van der Waals surface area (Å²) in [6.45, 7) is 0. The molecule has 7 heteroatoms. The predicted octanol–water partition coefficient (Wildman–Crippen LogP) is 0.589. The summed E-state index contributed by atoms with van der Waals surface area (Å²) >= 11 is 1.31. The molecule has 0 aliphatic heterocycles. The fraction of sp³-hybridized carbons (Fsp3) is 0. The largest absolute Gasteiger partial charge is 0.380 e. The number of hydrogen-bond donors (Lipinski definition) is 2. The summed E-state index contributed by atoms with van der Waals surface area (Å²) in [7, 11) is 0. The number of aromatic nitrogens is 1. The summed E-state index contributed by atoms with van der Waals surface area (Å²) in [6.07, 6.45) is 2.26. The molecule has 1 aromatic rings. The normalized spacial score (nSPS) is 11.2. The second kappa shape index (κ2) is 3.67. The molecule has 0 saturated heterocycles. The molecule has 0 aliphatic carbocycles. The van der Waals surface area contributed by atoms with Crippen molar-refractivity contribution in [2.24, 2.45) is 5.73 Å². The molecule has 0 amide bonds. The highest BCUT2D eigenvalue weighted by Gasteiger charge is 1.98. The first kappa shape index (κ1) is 8.47. The van der Waals surface area contributed by atoms with Gasteiger partial charge in [0, 0.05) is 11.6 Å². The minimum atomic E-state index is -0.629. The summed E-state index contributed by atoms with van der Waals surface area (Å²) in [4.78, 5) is 13.1. The van der Waals surface area contributed by atoms with Crippen molar-refractivity contribution < 1.29 is 4.92 Å². The van der Waals surface area contributed by atoms with Gasteiger partial charge in [-0.05, 0) is 0 Å². The van der Waals surface area contributed by atoms with Crippen LogP contribution in [0.25, 0.3) is 0 Å². The fourth-order valence-corrected chi connectivity index (χ4v) is 1.10. The maximum absolute atomic E-state index is 9.93. The molecule has 0 saturated carbocycles. The van der Waals surface area contributed by atoms with Gasteiger partial charge in [-0.15, -0.1) is 11.3 Å². The van der Waals surface area contributed by atoms with Gasteiger partial charge < -0.3 is 11.1 Å². The first-order valence-electron chi connectivity index (χ1n) is 2.96. The van der Waals surface area contributed by atoms with E-state index in [9.17, 15) is 10.1 Å². The lowest BCUT2D eigenvalue weighted by atomic mass is 10.7. The zero-order chi connectivity index (χ0) is 8.97. The first-order valence-corrected chi connectivity index (χ1v) is 3.84. The summed E-state index contributed by atoms with van der Waals surface area (Å²) in [6, 6.07) is 0. The van der Waals surface area contributed by atoms with Gasteiger partial charge in [0.05, 0.1) is 4.92 Å². The molecule has 0 radical (unpaired) electrons. The Hall–Kier alpha value is -1.63. The fourth-order valence-electron chi connectivity index (χ4n) is 0.554. The third-order valence-electron chi connectivity index (χ3n) is 0.928. The standard InChI is InChI=1S/C5H6N4O2S/c6-4(3-9(10)11)8-5-7-1-2-12-5/h1-3H,6H2,(H,7,8). The second-order valence-corrected chi connectivity index (χ2v) is 2.73. The van der Waals surface area contributed by atoms with E-state index in [1.807, 2.05) is 0 Å². The van der Waals surface area contributed by atoms with Gasteiger partial charge in [0.1, 0.15) is 0 Å². The molecular formula is C5H6N4O2S. The number of nitro groups is 1. The molecule has 0 bridgehead atoms. The summed E-state index contributed by atoms with van der Waals surface area (Å²) < 4.78 is 0. The Kier molecular flexibility index (Phi) is 2.59. The molecule has 0 atom stereocenters. The monoisotopic (exact) mass is 186 g/mol. The van der Waals surface area contributed by atoms with Crippen molar-refractivity contribution in [3.63, 3.8) is 0 Å². The SMILES string of the molecule is NC(=C[N+](=O)[O-])Nc1nccs1. The van der Waals surface area contributed by atoms with Gasteiger partial charge in [-0.2, -0.15) is 0 Å². The van der Waals surface area contributed by atoms with Crippen LogP contribution in [0, 0.1) is 10.1 Å². The number of rotatable bonds is 3. The predicted molar refractivity (Wildman–Crippen MR) is 45.0 cm³/mol. The van der Waals surface area contributed by atoms with Gasteiger partial charge in [0.15, 0.2) is 11.0 Å². The Balaban J connectivity index is 2.58. The first-order chi connectivity index (χ1) is 5.68. The number of thiazole rings is 1. The Morgan fingerprint density at radius 1 is 1.92 bits per heavy atom. The van der Waals surface area contributed by atoms with Crippen molar-refractivity contribution in [1.29, 1.82) is 0 Å². The van der Waals surface area contributed by atoms with Crippen molar-refractivity contribution in [1.82, 2.24) is 4.98 Å². The van der Waals surface area contributed by atoms with Crippen molar-refractivity contribution in [3.05, 3.63) is 33.7 Å². The van der Waals surface area contributed by atoms with Crippen LogP contribution in [0.5, 0.6) is 0 Å². The number of anilines is 1. The van der Waals surface area contributed by atoms with Gasteiger partial charge in [-0.1, -0.05) is 0 Å². The Morgan fingerprint density at radius 2 is 2.67 bits per heavy atom. The van der Waals surface area contributed by atoms with Gasteiger partial charge in [-0.3, -0.25) is 10.1 Å². The second-order valence-electron chi connectivity index (χ2n) is 1.83. The van der Waals surface area contributed by atoms with Gasteiger partial charge >= 0.3 is 0 Å². The number of nitrogens with one attached hydrogen (secondary N) is 1. The molecule has 64 valence electrons. The molecule has 12 heavy (non-hydrogen) atoms. The molecule has 0 aliphatic rings. The topological polar surface area (TPSA) is 94.1 Å². The number of nitrogens with zero attached hydrogens (tertiary/aromatic N) is 2. The maximum Gasteiger partial charge on any atom is 0.274 e. The van der Waals surface area contributed by atoms with Crippen LogP contribution >= 0.6 is 11.3 Å². The summed E-state index contributed by atoms with van der Waals surface area (Å²) in [5.41, 5.74) is 5.24. The highest BCUT2D eigenvalue weighted by atomic mass is 32.1. The zero-order valence-corrected chi connectivity index (χ0v) is 6.75. The van der Waals surface area contributed by atoms with Crippen LogP contribution in [0.2, 0.25) is 0 Å². The lowest BCUT2D eigenvalue weighted by Crippen LogP contribution is -2.10. The van der Waals surface area contributed by atoms with Crippen molar-refractivity contribution in [3.8, 4) is 0 Å². The van der Waals surface area contributed by atoms with E-state index < -0.39 is 4.92 Å². The third kappa shape index (κ3) is 2.54. The lowest BCUT2D eigenvalue weighted by molar-refractivity contribution is -0.403. The summed E-state index contributed by atoms with van der Waals surface area (Å²) in [5, 5.41) is 14.8. The maximum atomic E-state index is 9.93. The molecule has 1 rings (SSSR count). The van der Waals surface area contributed by atoms with Gasteiger partial charge in [0.2, 0.25) is 0 Å². The van der Waals surface area contributed by atoms with E-state index in [0.29, 0.717) is 11.3 Å². The molecule has 0 fully saturated rings. The van der Waals surface area contributed by atoms with Crippen LogP contribution in [0.15, 0.2) is 23.6 Å². The highest BCUT2D eigenvalue weighted by Crippen LogP contribution is 2.10. The van der Waals surface area contributed by atoms with Crippen LogP contribution < -0.4 is 11.1 Å². The van der Waals surface area contributed by atoms with Crippen LogP contribution in [0.1, 0.15) is 0 Å². The van der Waals surface area contributed by atoms with E-state index in [0.717, 1.165) is 0 Å². The minimum absolute atomic E-state index is 0.0325. The Bertz CT molecular complexity index is 294. The van der Waals surface area contributed by atoms with E-state index >= 15 is 0 Å². The number of nitrogens with two attached hydrogens (primary N) is 1. The Morgan fingerprint density at radius 3 is 3.17 bits per heavy atom. The minimum Gasteiger partial charge on any atom is -0.380 e. The van der Waals surface area contributed by atoms with E-state index in [-0.39, 0.29) is 5.82 Å². The van der Waals surface area contributed by atoms with E-state index in [4.69, 9.17) is 5.73 Å². The lowest BCUT2D eigenvalue weighted by Gasteiger charge is -1.96. The van der Waals surface area contributed by atoms with Crippen LogP contribution in [0.4, 0.5) is 5.13 Å². The average Bonchev–Trinajstić information content (AvgIpc) is 2.37. The van der Waals surface area contributed by atoms with Crippen molar-refractivity contribution >= 4 is 16.5 Å². The van der Waals surface area contributed by atoms with E-state index in [1.165, 1.54) is 11.3 Å². The molecule has 1 aromatic heterocycles. The molecule has 0 spiro atoms. The van der Waals surface area contributed by atoms with Crippen LogP contribution in [-0.2, 0) is 0 Å². The molecule has 6 nitrogen and oxygen atoms in total. The molecule has 1 heterocycles.